The summed E-state index contributed by atoms with van der Waals surface area (Å²) >= 11 is 3.30. The highest BCUT2D eigenvalue weighted by molar-refractivity contribution is 9.10. The largest absolute Gasteiger partial charge is 0.317 e. The summed E-state index contributed by atoms with van der Waals surface area (Å²) < 4.78 is 0.639. The lowest BCUT2D eigenvalue weighted by atomic mass is 10.1. The van der Waals surface area contributed by atoms with Gasteiger partial charge in [-0.2, -0.15) is 0 Å². The molecule has 0 bridgehead atoms. The molecule has 0 spiro atoms. The van der Waals surface area contributed by atoms with Crippen LogP contribution in [0, 0.1) is 0 Å². The predicted molar refractivity (Wildman–Crippen MR) is 88.4 cm³/mol. The van der Waals surface area contributed by atoms with Gasteiger partial charge in [0.1, 0.15) is 5.70 Å². The van der Waals surface area contributed by atoms with Gasteiger partial charge in [0.05, 0.1) is 5.56 Å². The van der Waals surface area contributed by atoms with Crippen molar-refractivity contribution in [3.05, 3.63) is 75.9 Å². The van der Waals surface area contributed by atoms with Gasteiger partial charge in [-0.05, 0) is 39.7 Å². The average Bonchev–Trinajstić information content (AvgIpc) is 2.54. The van der Waals surface area contributed by atoms with Gasteiger partial charge in [0.15, 0.2) is 0 Å². The highest BCUT2D eigenvalue weighted by atomic mass is 79.9. The Labute approximate surface area is 136 Å². The molecule has 0 aromatic heterocycles. The zero-order valence-corrected chi connectivity index (χ0v) is 13.1. The molecule has 6 heteroatoms. The highest BCUT2D eigenvalue weighted by Crippen LogP contribution is 2.16. The maximum atomic E-state index is 12.3. The quantitative estimate of drug-likeness (QED) is 0.338. The minimum Gasteiger partial charge on any atom is -0.317 e. The summed E-state index contributed by atoms with van der Waals surface area (Å²) in [7, 11) is 0. The number of carbonyl (C=O) groups is 2. The summed E-state index contributed by atoms with van der Waals surface area (Å²) in [5, 5.41) is 2.57. The Morgan fingerprint density at radius 2 is 1.64 bits per heavy atom. The van der Waals surface area contributed by atoms with E-state index in [-0.39, 0.29) is 5.70 Å². The summed E-state index contributed by atoms with van der Waals surface area (Å²) in [5.74, 6) is 4.19. The van der Waals surface area contributed by atoms with E-state index in [1.807, 2.05) is 35.8 Å². The second-order valence-corrected chi connectivity index (χ2v) is 5.23. The molecule has 22 heavy (non-hydrogen) atoms. The molecule has 0 saturated carbocycles. The van der Waals surface area contributed by atoms with Gasteiger partial charge in [0, 0.05) is 4.47 Å². The van der Waals surface area contributed by atoms with Crippen molar-refractivity contribution in [2.75, 3.05) is 0 Å². The van der Waals surface area contributed by atoms with Crippen molar-refractivity contribution < 1.29 is 9.59 Å². The molecular formula is C16H14BrN3O2. The van der Waals surface area contributed by atoms with Crippen molar-refractivity contribution in [2.24, 2.45) is 5.84 Å². The molecule has 2 rings (SSSR count). The number of halogens is 1. The summed E-state index contributed by atoms with van der Waals surface area (Å²) in [5.41, 5.74) is 3.28. The van der Waals surface area contributed by atoms with E-state index in [1.165, 1.54) is 0 Å². The van der Waals surface area contributed by atoms with Gasteiger partial charge in [-0.3, -0.25) is 15.0 Å². The van der Waals surface area contributed by atoms with E-state index >= 15 is 0 Å². The molecule has 0 atom stereocenters. The lowest BCUT2D eigenvalue weighted by Gasteiger charge is -2.10. The van der Waals surface area contributed by atoms with E-state index in [9.17, 15) is 9.59 Å². The molecule has 0 saturated heterocycles. The van der Waals surface area contributed by atoms with E-state index in [0.717, 1.165) is 5.56 Å². The Morgan fingerprint density at radius 3 is 2.27 bits per heavy atom. The van der Waals surface area contributed by atoms with E-state index in [1.54, 1.807) is 30.3 Å². The van der Waals surface area contributed by atoms with Crippen molar-refractivity contribution in [3.8, 4) is 0 Å². The van der Waals surface area contributed by atoms with Crippen LogP contribution in [-0.4, -0.2) is 11.8 Å². The van der Waals surface area contributed by atoms with E-state index in [4.69, 9.17) is 5.84 Å². The molecule has 0 radical (unpaired) electrons. The Kier molecular flexibility index (Phi) is 5.46. The van der Waals surface area contributed by atoms with E-state index < -0.39 is 11.8 Å². The summed E-state index contributed by atoms with van der Waals surface area (Å²) in [6.07, 6.45) is 1.55. The smallest absolute Gasteiger partial charge is 0.281 e. The van der Waals surface area contributed by atoms with Crippen molar-refractivity contribution in [1.82, 2.24) is 10.7 Å². The highest BCUT2D eigenvalue weighted by Gasteiger charge is 2.15. The third-order valence-corrected chi connectivity index (χ3v) is 3.54. The molecule has 4 N–H and O–H groups in total. The van der Waals surface area contributed by atoms with Crippen molar-refractivity contribution in [2.45, 2.75) is 0 Å². The Morgan fingerprint density at radius 1 is 1.00 bits per heavy atom. The molecule has 0 heterocycles. The number of amides is 2. The Hall–Kier alpha value is -2.44. The number of benzene rings is 2. The van der Waals surface area contributed by atoms with Crippen LogP contribution in [0.3, 0.4) is 0 Å². The SMILES string of the molecule is NNC(=O)/C(=C\c1ccccc1)NC(=O)c1ccccc1Br. The van der Waals surface area contributed by atoms with Gasteiger partial charge in [-0.15, -0.1) is 0 Å². The first-order valence-electron chi connectivity index (χ1n) is 6.45. The number of nitrogens with two attached hydrogens (primary N) is 1. The van der Waals surface area contributed by atoms with Crippen LogP contribution in [0.4, 0.5) is 0 Å². The lowest BCUT2D eigenvalue weighted by molar-refractivity contribution is -0.117. The molecular weight excluding hydrogens is 346 g/mol. The zero-order chi connectivity index (χ0) is 15.9. The van der Waals surface area contributed by atoms with Gasteiger partial charge in [0.2, 0.25) is 0 Å². The molecule has 0 aliphatic heterocycles. The van der Waals surface area contributed by atoms with Crippen LogP contribution >= 0.6 is 15.9 Å². The molecule has 0 aliphatic rings. The standard InChI is InChI=1S/C16H14BrN3O2/c17-13-9-5-4-8-12(13)15(21)19-14(16(22)20-18)10-11-6-2-1-3-7-11/h1-10H,18H2,(H,19,21)(H,20,22)/b14-10+. The second kappa shape index (κ2) is 7.53. The van der Waals surface area contributed by atoms with Gasteiger partial charge in [0.25, 0.3) is 11.8 Å². The van der Waals surface area contributed by atoms with Crippen LogP contribution < -0.4 is 16.6 Å². The molecule has 2 amide bonds. The molecule has 0 unspecified atom stereocenters. The van der Waals surface area contributed by atoms with Crippen LogP contribution in [0.15, 0.2) is 64.8 Å². The number of carbonyl (C=O) groups excluding carboxylic acids is 2. The van der Waals surface area contributed by atoms with Gasteiger partial charge >= 0.3 is 0 Å². The first kappa shape index (κ1) is 15.9. The van der Waals surface area contributed by atoms with Crippen molar-refractivity contribution in [1.29, 1.82) is 0 Å². The molecule has 5 nitrogen and oxygen atoms in total. The molecule has 112 valence electrons. The third-order valence-electron chi connectivity index (χ3n) is 2.85. The molecule has 0 aliphatic carbocycles. The van der Waals surface area contributed by atoms with Crippen molar-refractivity contribution >= 4 is 33.8 Å². The summed E-state index contributed by atoms with van der Waals surface area (Å²) in [6.45, 7) is 0. The molecule has 0 fully saturated rings. The zero-order valence-electron chi connectivity index (χ0n) is 11.5. The number of hydrogen-bond donors (Lipinski definition) is 3. The fraction of sp³-hybridized carbons (Fsp3) is 0. The monoisotopic (exact) mass is 359 g/mol. The van der Waals surface area contributed by atoms with Gasteiger partial charge in [-0.1, -0.05) is 42.5 Å². The molecule has 2 aromatic rings. The van der Waals surface area contributed by atoms with Crippen LogP contribution in [0.5, 0.6) is 0 Å². The van der Waals surface area contributed by atoms with Gasteiger partial charge < -0.3 is 5.32 Å². The Balaban J connectivity index is 2.28. The van der Waals surface area contributed by atoms with Crippen molar-refractivity contribution in [3.63, 3.8) is 0 Å². The van der Waals surface area contributed by atoms with Crippen LogP contribution in [-0.2, 0) is 4.79 Å². The molecule has 2 aromatic carbocycles. The van der Waals surface area contributed by atoms with E-state index in [0.29, 0.717) is 10.0 Å². The maximum Gasteiger partial charge on any atom is 0.281 e. The number of rotatable bonds is 4. The lowest BCUT2D eigenvalue weighted by Crippen LogP contribution is -2.38. The number of nitrogens with one attached hydrogen (secondary N) is 2. The summed E-state index contributed by atoms with van der Waals surface area (Å²) in [4.78, 5) is 24.1. The van der Waals surface area contributed by atoms with Crippen LogP contribution in [0.1, 0.15) is 15.9 Å². The minimum absolute atomic E-state index is 0.0643. The number of hydrazine groups is 1. The first-order valence-corrected chi connectivity index (χ1v) is 7.24. The van der Waals surface area contributed by atoms with E-state index in [2.05, 4.69) is 21.2 Å². The number of hydrogen-bond acceptors (Lipinski definition) is 3. The topological polar surface area (TPSA) is 84.2 Å². The van der Waals surface area contributed by atoms with Gasteiger partial charge in [-0.25, -0.2) is 5.84 Å². The maximum absolute atomic E-state index is 12.3. The fourth-order valence-corrected chi connectivity index (χ4v) is 2.25. The third kappa shape index (κ3) is 4.03. The second-order valence-electron chi connectivity index (χ2n) is 4.38. The Bertz CT molecular complexity index is 714. The minimum atomic E-state index is -0.579. The van der Waals surface area contributed by atoms with Crippen LogP contribution in [0.25, 0.3) is 6.08 Å². The first-order chi connectivity index (χ1) is 10.6. The fourth-order valence-electron chi connectivity index (χ4n) is 1.79. The van der Waals surface area contributed by atoms with Crippen LogP contribution in [0.2, 0.25) is 0 Å². The summed E-state index contributed by atoms with van der Waals surface area (Å²) in [6, 6.07) is 16.1. The average molecular weight is 360 g/mol. The normalized spacial score (nSPS) is 10.9. The predicted octanol–water partition coefficient (Wildman–Crippen LogP) is 2.21.